The first-order valence-corrected chi connectivity index (χ1v) is 7.94. The number of carbonyl (C=O) groups is 1. The van der Waals surface area contributed by atoms with Gasteiger partial charge in [-0.15, -0.1) is 23.1 Å². The van der Waals surface area contributed by atoms with Crippen LogP contribution in [0.3, 0.4) is 0 Å². The summed E-state index contributed by atoms with van der Waals surface area (Å²) in [6, 6.07) is 5.02. The van der Waals surface area contributed by atoms with E-state index in [1.165, 1.54) is 11.8 Å². The van der Waals surface area contributed by atoms with Crippen LogP contribution in [0.5, 0.6) is 0 Å². The first-order valence-electron chi connectivity index (χ1n) is 5.70. The number of rotatable bonds is 4. The van der Waals surface area contributed by atoms with Gasteiger partial charge in [0.05, 0.1) is 16.3 Å². The maximum atomic E-state index is 11.0. The number of hydrogen-bond donors (Lipinski definition) is 1. The molecule has 7 heteroatoms. The highest BCUT2D eigenvalue weighted by atomic mass is 35.5. The van der Waals surface area contributed by atoms with E-state index in [1.54, 1.807) is 23.5 Å². The van der Waals surface area contributed by atoms with Crippen molar-refractivity contribution < 1.29 is 9.90 Å². The van der Waals surface area contributed by atoms with Crippen molar-refractivity contribution in [2.24, 2.45) is 0 Å². The van der Waals surface area contributed by atoms with E-state index in [4.69, 9.17) is 16.7 Å². The first-order chi connectivity index (χ1) is 9.63. The SMILES string of the molecule is O=C(O)c1cc(SCc2cn3ccsc3n2)ccc1Cl. The van der Waals surface area contributed by atoms with E-state index in [-0.39, 0.29) is 10.6 Å². The molecule has 0 amide bonds. The van der Waals surface area contributed by atoms with Crippen molar-refractivity contribution in [1.29, 1.82) is 0 Å². The summed E-state index contributed by atoms with van der Waals surface area (Å²) < 4.78 is 1.98. The van der Waals surface area contributed by atoms with Gasteiger partial charge < -0.3 is 5.11 Å². The van der Waals surface area contributed by atoms with Crippen LogP contribution in [-0.2, 0) is 5.75 Å². The molecule has 1 N–H and O–H groups in total. The number of aromatic carboxylic acids is 1. The van der Waals surface area contributed by atoms with E-state index in [1.807, 2.05) is 28.2 Å². The smallest absolute Gasteiger partial charge is 0.337 e. The van der Waals surface area contributed by atoms with Crippen molar-refractivity contribution in [2.75, 3.05) is 0 Å². The van der Waals surface area contributed by atoms with Gasteiger partial charge in [-0.2, -0.15) is 0 Å². The molecular weight excluding hydrogens is 316 g/mol. The quantitative estimate of drug-likeness (QED) is 0.736. The molecule has 0 radical (unpaired) electrons. The third-order valence-corrected chi connectivity index (χ3v) is 4.83. The van der Waals surface area contributed by atoms with Crippen LogP contribution in [0.1, 0.15) is 16.1 Å². The van der Waals surface area contributed by atoms with Gasteiger partial charge >= 0.3 is 5.97 Å². The summed E-state index contributed by atoms with van der Waals surface area (Å²) in [7, 11) is 0. The highest BCUT2D eigenvalue weighted by molar-refractivity contribution is 7.98. The Balaban J connectivity index is 1.76. The number of thioether (sulfide) groups is 1. The Hall–Kier alpha value is -1.50. The molecule has 4 nitrogen and oxygen atoms in total. The molecular formula is C13H9ClN2O2S2. The molecule has 3 rings (SSSR count). The molecule has 0 bridgehead atoms. The fourth-order valence-corrected chi connectivity index (χ4v) is 3.50. The standard InChI is InChI=1S/C13H9ClN2O2S2/c14-11-2-1-9(5-10(11)12(17)18)20-7-8-6-16-3-4-19-13(16)15-8/h1-6H,7H2,(H,17,18). The Labute approximate surface area is 128 Å². The van der Waals surface area contributed by atoms with Gasteiger partial charge in [0.25, 0.3) is 0 Å². The summed E-state index contributed by atoms with van der Waals surface area (Å²) in [4.78, 5) is 17.3. The highest BCUT2D eigenvalue weighted by Gasteiger charge is 2.10. The van der Waals surface area contributed by atoms with Crippen LogP contribution in [0.4, 0.5) is 0 Å². The number of benzene rings is 1. The van der Waals surface area contributed by atoms with Crippen LogP contribution in [0.2, 0.25) is 5.02 Å². The Kier molecular flexibility index (Phi) is 3.69. The molecule has 0 spiro atoms. The van der Waals surface area contributed by atoms with Gasteiger partial charge in [-0.05, 0) is 18.2 Å². The largest absolute Gasteiger partial charge is 0.478 e. The Morgan fingerprint density at radius 1 is 1.50 bits per heavy atom. The zero-order valence-electron chi connectivity index (χ0n) is 10.1. The van der Waals surface area contributed by atoms with Gasteiger partial charge in [-0.25, -0.2) is 9.78 Å². The predicted molar refractivity (Wildman–Crippen MR) is 81.0 cm³/mol. The number of hydrogen-bond acceptors (Lipinski definition) is 4. The van der Waals surface area contributed by atoms with Crippen LogP contribution in [0, 0.1) is 0 Å². The van der Waals surface area contributed by atoms with Crippen LogP contribution < -0.4 is 0 Å². The molecule has 20 heavy (non-hydrogen) atoms. The van der Waals surface area contributed by atoms with E-state index in [2.05, 4.69) is 4.98 Å². The molecule has 0 fully saturated rings. The van der Waals surface area contributed by atoms with Gasteiger partial charge in [0.15, 0.2) is 4.96 Å². The van der Waals surface area contributed by atoms with Crippen molar-refractivity contribution in [3.63, 3.8) is 0 Å². The second kappa shape index (κ2) is 5.47. The minimum Gasteiger partial charge on any atom is -0.478 e. The Morgan fingerprint density at radius 2 is 2.35 bits per heavy atom. The molecule has 0 aliphatic rings. The monoisotopic (exact) mass is 324 g/mol. The summed E-state index contributed by atoms with van der Waals surface area (Å²) in [5, 5.41) is 11.3. The summed E-state index contributed by atoms with van der Waals surface area (Å²) in [6.07, 6.45) is 3.94. The van der Waals surface area contributed by atoms with Gasteiger partial charge in [0, 0.05) is 28.4 Å². The number of carboxylic acids is 1. The number of halogens is 1. The van der Waals surface area contributed by atoms with Crippen LogP contribution >= 0.6 is 34.7 Å². The van der Waals surface area contributed by atoms with Crippen LogP contribution in [0.15, 0.2) is 40.9 Å². The van der Waals surface area contributed by atoms with Crippen molar-refractivity contribution in [3.05, 3.63) is 52.3 Å². The molecule has 2 heterocycles. The lowest BCUT2D eigenvalue weighted by molar-refractivity contribution is 0.0697. The third kappa shape index (κ3) is 2.67. The maximum Gasteiger partial charge on any atom is 0.337 e. The highest BCUT2D eigenvalue weighted by Crippen LogP contribution is 2.27. The normalized spacial score (nSPS) is 11.1. The van der Waals surface area contributed by atoms with Gasteiger partial charge in [0.2, 0.25) is 0 Å². The molecule has 1 aromatic carbocycles. The van der Waals surface area contributed by atoms with E-state index in [0.717, 1.165) is 15.6 Å². The summed E-state index contributed by atoms with van der Waals surface area (Å²) >= 11 is 8.97. The number of carboxylic acid groups (broad SMARTS) is 1. The molecule has 0 aliphatic heterocycles. The third-order valence-electron chi connectivity index (χ3n) is 2.70. The molecule has 2 aromatic heterocycles. The van der Waals surface area contributed by atoms with Gasteiger partial charge in [0.1, 0.15) is 0 Å². The second-order valence-electron chi connectivity index (χ2n) is 4.06. The molecule has 0 aliphatic carbocycles. The number of thiazole rings is 1. The lowest BCUT2D eigenvalue weighted by Gasteiger charge is -2.03. The molecule has 0 saturated carbocycles. The lowest BCUT2D eigenvalue weighted by Crippen LogP contribution is -1.97. The summed E-state index contributed by atoms with van der Waals surface area (Å²) in [6.45, 7) is 0. The zero-order valence-corrected chi connectivity index (χ0v) is 12.5. The minimum atomic E-state index is -1.01. The number of imidazole rings is 1. The fourth-order valence-electron chi connectivity index (χ4n) is 1.76. The molecule has 102 valence electrons. The lowest BCUT2D eigenvalue weighted by atomic mass is 10.2. The number of aromatic nitrogens is 2. The predicted octanol–water partition coefficient (Wildman–Crippen LogP) is 4.04. The Bertz CT molecular complexity index is 753. The van der Waals surface area contributed by atoms with Crippen molar-refractivity contribution in [2.45, 2.75) is 10.6 Å². The van der Waals surface area contributed by atoms with E-state index in [9.17, 15) is 4.79 Å². The van der Waals surface area contributed by atoms with E-state index >= 15 is 0 Å². The fraction of sp³-hybridized carbons (Fsp3) is 0.0769. The first kappa shape index (κ1) is 13.5. The topological polar surface area (TPSA) is 54.6 Å². The minimum absolute atomic E-state index is 0.127. The van der Waals surface area contributed by atoms with Gasteiger partial charge in [-0.1, -0.05) is 11.6 Å². The Morgan fingerprint density at radius 3 is 3.10 bits per heavy atom. The molecule has 0 atom stereocenters. The van der Waals surface area contributed by atoms with Crippen LogP contribution in [0.25, 0.3) is 4.96 Å². The number of nitrogens with zero attached hydrogens (tertiary/aromatic N) is 2. The average molecular weight is 325 g/mol. The number of fused-ring (bicyclic) bond motifs is 1. The maximum absolute atomic E-state index is 11.0. The van der Waals surface area contributed by atoms with Gasteiger partial charge in [-0.3, -0.25) is 4.40 Å². The summed E-state index contributed by atoms with van der Waals surface area (Å²) in [5.41, 5.74) is 1.09. The van der Waals surface area contributed by atoms with Crippen molar-refractivity contribution in [1.82, 2.24) is 9.38 Å². The summed E-state index contributed by atoms with van der Waals surface area (Å²) in [5.74, 6) is -0.324. The second-order valence-corrected chi connectivity index (χ2v) is 6.39. The molecule has 3 aromatic rings. The van der Waals surface area contributed by atoms with Crippen molar-refractivity contribution in [3.8, 4) is 0 Å². The van der Waals surface area contributed by atoms with E-state index in [0.29, 0.717) is 5.75 Å². The zero-order chi connectivity index (χ0) is 14.1. The van der Waals surface area contributed by atoms with Crippen molar-refractivity contribution >= 4 is 45.6 Å². The van der Waals surface area contributed by atoms with E-state index < -0.39 is 5.97 Å². The average Bonchev–Trinajstić information content (AvgIpc) is 2.98. The molecule has 0 unspecified atom stereocenters. The molecule has 0 saturated heterocycles. The van der Waals surface area contributed by atoms with Crippen LogP contribution in [-0.4, -0.2) is 20.5 Å².